The van der Waals surface area contributed by atoms with E-state index in [1.54, 1.807) is 19.1 Å². The van der Waals surface area contributed by atoms with Crippen LogP contribution in [-0.2, 0) is 20.4 Å². The van der Waals surface area contributed by atoms with Crippen molar-refractivity contribution in [3.05, 3.63) is 47.2 Å². The zero-order valence-corrected chi connectivity index (χ0v) is 21.8. The van der Waals surface area contributed by atoms with Crippen LogP contribution >= 0.6 is 0 Å². The number of pyridine rings is 1. The van der Waals surface area contributed by atoms with E-state index >= 15 is 0 Å². The van der Waals surface area contributed by atoms with Crippen LogP contribution in [0, 0.1) is 0 Å². The van der Waals surface area contributed by atoms with Crippen molar-refractivity contribution in [3.8, 4) is 5.75 Å². The fraction of sp³-hybridized carbons (Fsp3) is 0.500. The minimum atomic E-state index is -0.982. The molecular weight excluding hydrogens is 485 g/mol. The summed E-state index contributed by atoms with van der Waals surface area (Å²) in [6.45, 7) is 11.8. The van der Waals surface area contributed by atoms with E-state index in [4.69, 9.17) is 14.6 Å². The molecule has 178 valence electrons. The third-order valence-electron chi connectivity index (χ3n) is 6.20. The van der Waals surface area contributed by atoms with Crippen molar-refractivity contribution >= 4 is 35.9 Å². The topological polar surface area (TPSA) is 85.7 Å². The first kappa shape index (κ1) is 25.3. The number of carbonyl (C=O) groups excluding carboxylic acids is 1. The van der Waals surface area contributed by atoms with Crippen molar-refractivity contribution in [2.75, 3.05) is 13.2 Å². The van der Waals surface area contributed by atoms with Crippen LogP contribution in [0.5, 0.6) is 5.75 Å². The summed E-state index contributed by atoms with van der Waals surface area (Å²) in [6, 6.07) is 7.83. The molecule has 3 rings (SSSR count). The number of carbonyl (C=O) groups is 2. The van der Waals surface area contributed by atoms with Gasteiger partial charge in [-0.1, -0.05) is 0 Å². The molecule has 1 aromatic heterocycles. The molecular formula is C26H33NO5Se. The number of esters is 1. The number of carboxylic acid groups (broad SMARTS) is 1. The van der Waals surface area contributed by atoms with Gasteiger partial charge in [-0.25, -0.2) is 0 Å². The summed E-state index contributed by atoms with van der Waals surface area (Å²) in [5, 5.41) is 9.15. The molecule has 1 heterocycles. The molecule has 0 unspecified atom stereocenters. The molecule has 1 N–H and O–H groups in total. The first-order chi connectivity index (χ1) is 15.5. The maximum absolute atomic E-state index is 11.7. The summed E-state index contributed by atoms with van der Waals surface area (Å²) in [6.07, 6.45) is 4.55. The Bertz CT molecular complexity index is 1010. The zero-order valence-electron chi connectivity index (χ0n) is 20.1. The summed E-state index contributed by atoms with van der Waals surface area (Å²) in [5.41, 5.74) is 2.96. The fourth-order valence-electron chi connectivity index (χ4n) is 4.08. The van der Waals surface area contributed by atoms with Crippen LogP contribution in [0.2, 0.25) is 0 Å². The van der Waals surface area contributed by atoms with E-state index in [1.165, 1.54) is 17.3 Å². The number of benzene rings is 1. The quantitative estimate of drug-likeness (QED) is 0.311. The molecule has 2 aromatic rings. The van der Waals surface area contributed by atoms with Crippen LogP contribution in [0.15, 0.2) is 30.5 Å². The van der Waals surface area contributed by atoms with E-state index in [2.05, 4.69) is 44.8 Å². The average molecular weight is 519 g/mol. The first-order valence-electron chi connectivity index (χ1n) is 11.4. The van der Waals surface area contributed by atoms with Gasteiger partial charge >= 0.3 is 202 Å². The Morgan fingerprint density at radius 3 is 2.33 bits per heavy atom. The molecule has 0 bridgehead atoms. The van der Waals surface area contributed by atoms with Gasteiger partial charge in [-0.15, -0.1) is 0 Å². The van der Waals surface area contributed by atoms with Crippen molar-refractivity contribution in [2.24, 2.45) is 0 Å². The molecule has 0 saturated heterocycles. The molecule has 0 aliphatic heterocycles. The first-order valence-corrected chi connectivity index (χ1v) is 13.1. The average Bonchev–Trinajstić information content (AvgIpc) is 2.75. The van der Waals surface area contributed by atoms with E-state index in [0.717, 1.165) is 27.6 Å². The predicted octanol–water partition coefficient (Wildman–Crippen LogP) is 3.51. The molecule has 33 heavy (non-hydrogen) atoms. The zero-order chi connectivity index (χ0) is 24.2. The fourth-order valence-corrected chi connectivity index (χ4v) is 5.89. The SMILES string of the molecule is CCOC(=O)CCCOc1cc2c(cc1[Se]c1ccc(C(=O)O)cn1)C(C)(C)CCC2(C)C. The van der Waals surface area contributed by atoms with Crippen LogP contribution in [0.1, 0.15) is 81.8 Å². The van der Waals surface area contributed by atoms with Gasteiger partial charge in [0.2, 0.25) is 0 Å². The Labute approximate surface area is 202 Å². The number of nitrogens with zero attached hydrogens (tertiary/aromatic N) is 1. The predicted molar refractivity (Wildman–Crippen MR) is 129 cm³/mol. The number of rotatable bonds is 9. The normalized spacial score (nSPS) is 16.0. The van der Waals surface area contributed by atoms with Crippen LogP contribution in [-0.4, -0.2) is 50.2 Å². The number of carboxylic acids is 1. The molecule has 0 spiro atoms. The van der Waals surface area contributed by atoms with Crippen LogP contribution < -0.4 is 13.8 Å². The number of aromatic carboxylic acids is 1. The number of fused-ring (bicyclic) bond motifs is 1. The second-order valence-corrected chi connectivity index (χ2v) is 11.9. The van der Waals surface area contributed by atoms with Gasteiger partial charge in [-0.05, 0) is 0 Å². The van der Waals surface area contributed by atoms with Crippen molar-refractivity contribution in [1.82, 2.24) is 4.98 Å². The van der Waals surface area contributed by atoms with E-state index in [0.29, 0.717) is 26.1 Å². The Morgan fingerprint density at radius 2 is 1.76 bits per heavy atom. The van der Waals surface area contributed by atoms with E-state index < -0.39 is 5.97 Å². The standard InChI is InChI=1S/C26H33NO5Se/c1-6-31-23(28)8-7-13-32-20-14-18-19(26(4,5)12-11-25(18,2)3)15-21(20)33-22-10-9-17(16-27-22)24(29)30/h9-10,14-16H,6-8,11-13H2,1-5H3,(H,29,30). The molecule has 0 fully saturated rings. The summed E-state index contributed by atoms with van der Waals surface area (Å²) in [5.74, 6) is -0.362. The van der Waals surface area contributed by atoms with Gasteiger partial charge in [0.05, 0.1) is 0 Å². The van der Waals surface area contributed by atoms with Crippen molar-refractivity contribution in [1.29, 1.82) is 0 Å². The van der Waals surface area contributed by atoms with Crippen molar-refractivity contribution in [2.45, 2.75) is 71.1 Å². The molecule has 6 nitrogen and oxygen atoms in total. The van der Waals surface area contributed by atoms with Crippen molar-refractivity contribution < 1.29 is 24.2 Å². The minimum absolute atomic E-state index is 0.0564. The molecule has 7 heteroatoms. The Kier molecular flexibility index (Phi) is 7.86. The molecule has 1 aliphatic carbocycles. The van der Waals surface area contributed by atoms with Crippen LogP contribution in [0.25, 0.3) is 0 Å². The third-order valence-corrected chi connectivity index (χ3v) is 8.28. The van der Waals surface area contributed by atoms with Gasteiger partial charge in [0, 0.05) is 0 Å². The number of ether oxygens (including phenoxy) is 2. The maximum atomic E-state index is 11.7. The molecule has 0 amide bonds. The second-order valence-electron chi connectivity index (χ2n) is 9.66. The summed E-state index contributed by atoms with van der Waals surface area (Å²) in [4.78, 5) is 27.2. The Hall–Kier alpha value is -2.37. The van der Waals surface area contributed by atoms with Gasteiger partial charge in [0.25, 0.3) is 0 Å². The summed E-state index contributed by atoms with van der Waals surface area (Å²) < 4.78 is 13.1. The molecule has 1 aliphatic rings. The van der Waals surface area contributed by atoms with E-state index in [9.17, 15) is 9.59 Å². The third kappa shape index (κ3) is 6.15. The molecule has 1 aromatic carbocycles. The van der Waals surface area contributed by atoms with Gasteiger partial charge in [-0.2, -0.15) is 0 Å². The van der Waals surface area contributed by atoms with Crippen LogP contribution in [0.4, 0.5) is 0 Å². The van der Waals surface area contributed by atoms with Gasteiger partial charge in [-0.3, -0.25) is 0 Å². The summed E-state index contributed by atoms with van der Waals surface area (Å²) in [7, 11) is 0. The van der Waals surface area contributed by atoms with Crippen LogP contribution in [0.3, 0.4) is 0 Å². The second kappa shape index (κ2) is 10.3. The summed E-state index contributed by atoms with van der Waals surface area (Å²) >= 11 is -0.153. The van der Waals surface area contributed by atoms with E-state index in [1.807, 2.05) is 0 Å². The number of hydrogen-bond donors (Lipinski definition) is 1. The van der Waals surface area contributed by atoms with Gasteiger partial charge in [0.15, 0.2) is 0 Å². The molecule has 0 radical (unpaired) electrons. The Morgan fingerprint density at radius 1 is 1.09 bits per heavy atom. The number of aromatic nitrogens is 1. The van der Waals surface area contributed by atoms with Gasteiger partial charge < -0.3 is 0 Å². The molecule has 0 atom stereocenters. The van der Waals surface area contributed by atoms with Crippen molar-refractivity contribution in [3.63, 3.8) is 0 Å². The molecule has 0 saturated carbocycles. The monoisotopic (exact) mass is 519 g/mol. The number of hydrogen-bond acceptors (Lipinski definition) is 5. The van der Waals surface area contributed by atoms with E-state index in [-0.39, 0.29) is 37.3 Å². The Balaban J connectivity index is 1.91. The van der Waals surface area contributed by atoms with Gasteiger partial charge in [0.1, 0.15) is 0 Å².